The smallest absolute Gasteiger partial charge is 0.186 e. The molecule has 6 atom stereocenters. The Labute approximate surface area is 97.6 Å². The molecule has 0 radical (unpaired) electrons. The Balaban J connectivity index is 2.53. The number of rotatable bonds is 5. The van der Waals surface area contributed by atoms with Crippen LogP contribution in [0.2, 0.25) is 0 Å². The van der Waals surface area contributed by atoms with Gasteiger partial charge >= 0.3 is 0 Å². The highest BCUT2D eigenvalue weighted by Gasteiger charge is 2.44. The van der Waals surface area contributed by atoms with E-state index in [1.165, 1.54) is 0 Å². The van der Waals surface area contributed by atoms with Crippen molar-refractivity contribution >= 4 is 0 Å². The van der Waals surface area contributed by atoms with Crippen molar-refractivity contribution in [3.05, 3.63) is 0 Å². The molecule has 102 valence electrons. The van der Waals surface area contributed by atoms with E-state index in [-0.39, 0.29) is 6.61 Å². The fourth-order valence-electron chi connectivity index (χ4n) is 1.46. The maximum Gasteiger partial charge on any atom is 0.186 e. The van der Waals surface area contributed by atoms with Gasteiger partial charge in [-0.1, -0.05) is 0 Å². The number of aliphatic hydroxyl groups is 6. The molecule has 1 aliphatic heterocycles. The molecule has 0 aromatic carbocycles. The van der Waals surface area contributed by atoms with E-state index in [2.05, 4.69) is 0 Å². The monoisotopic (exact) mass is 254 g/mol. The maximum atomic E-state index is 9.52. The molecular formula is C9H18O8. The Hall–Kier alpha value is -0.320. The van der Waals surface area contributed by atoms with E-state index in [1.807, 2.05) is 0 Å². The fraction of sp³-hybridized carbons (Fsp3) is 1.00. The minimum Gasteiger partial charge on any atom is -0.394 e. The molecule has 0 aromatic rings. The molecule has 0 amide bonds. The van der Waals surface area contributed by atoms with Crippen LogP contribution in [0.3, 0.4) is 0 Å². The first-order valence-electron chi connectivity index (χ1n) is 5.22. The molecule has 6 N–H and O–H groups in total. The molecule has 0 unspecified atom stereocenters. The zero-order valence-electron chi connectivity index (χ0n) is 9.09. The van der Waals surface area contributed by atoms with Gasteiger partial charge in [-0.15, -0.1) is 0 Å². The van der Waals surface area contributed by atoms with Gasteiger partial charge in [0.15, 0.2) is 6.29 Å². The van der Waals surface area contributed by atoms with Crippen molar-refractivity contribution < 1.29 is 40.1 Å². The minimum atomic E-state index is -1.52. The van der Waals surface area contributed by atoms with Crippen LogP contribution >= 0.6 is 0 Å². The Morgan fingerprint density at radius 3 is 2.24 bits per heavy atom. The maximum absolute atomic E-state index is 9.52. The summed E-state index contributed by atoms with van der Waals surface area (Å²) in [7, 11) is 0. The first kappa shape index (κ1) is 14.7. The van der Waals surface area contributed by atoms with Crippen molar-refractivity contribution in [3.8, 4) is 0 Å². The summed E-state index contributed by atoms with van der Waals surface area (Å²) in [6.45, 7) is -1.37. The van der Waals surface area contributed by atoms with Gasteiger partial charge in [0, 0.05) is 0 Å². The average molecular weight is 254 g/mol. The van der Waals surface area contributed by atoms with Crippen LogP contribution in [0.4, 0.5) is 0 Å². The Bertz CT molecular complexity index is 223. The molecule has 1 saturated heterocycles. The van der Waals surface area contributed by atoms with Gasteiger partial charge in [-0.25, -0.2) is 0 Å². The number of aliphatic hydroxyl groups excluding tert-OH is 6. The van der Waals surface area contributed by atoms with Crippen LogP contribution in [0.25, 0.3) is 0 Å². The van der Waals surface area contributed by atoms with E-state index in [4.69, 9.17) is 24.8 Å². The van der Waals surface area contributed by atoms with Crippen LogP contribution in [0.5, 0.6) is 0 Å². The second-order valence-electron chi connectivity index (χ2n) is 3.87. The molecule has 0 spiro atoms. The molecule has 0 aliphatic carbocycles. The number of hydrogen-bond donors (Lipinski definition) is 6. The van der Waals surface area contributed by atoms with Crippen molar-refractivity contribution in [2.24, 2.45) is 0 Å². The topological polar surface area (TPSA) is 140 Å². The van der Waals surface area contributed by atoms with E-state index >= 15 is 0 Å². The molecular weight excluding hydrogens is 236 g/mol. The lowest BCUT2D eigenvalue weighted by atomic mass is 9.99. The Morgan fingerprint density at radius 1 is 1.06 bits per heavy atom. The first-order valence-corrected chi connectivity index (χ1v) is 5.22. The van der Waals surface area contributed by atoms with Gasteiger partial charge in [-0.2, -0.15) is 0 Å². The zero-order chi connectivity index (χ0) is 13.0. The molecule has 1 aliphatic rings. The summed E-state index contributed by atoms with van der Waals surface area (Å²) in [5.41, 5.74) is 0. The van der Waals surface area contributed by atoms with Crippen molar-refractivity contribution in [3.63, 3.8) is 0 Å². The summed E-state index contributed by atoms with van der Waals surface area (Å²) in [6.07, 6.45) is -7.94. The molecule has 1 fully saturated rings. The third-order valence-corrected chi connectivity index (χ3v) is 2.51. The minimum absolute atomic E-state index is 0.306. The van der Waals surface area contributed by atoms with Crippen molar-refractivity contribution in [1.82, 2.24) is 0 Å². The van der Waals surface area contributed by atoms with Crippen LogP contribution < -0.4 is 0 Å². The Kier molecular flexibility index (Phi) is 5.70. The predicted octanol–water partition coefficient (Wildman–Crippen LogP) is -3.84. The van der Waals surface area contributed by atoms with Gasteiger partial charge in [-0.3, -0.25) is 0 Å². The van der Waals surface area contributed by atoms with E-state index in [1.54, 1.807) is 0 Å². The molecule has 0 aromatic heterocycles. The lowest BCUT2D eigenvalue weighted by Gasteiger charge is -2.39. The highest BCUT2D eigenvalue weighted by Crippen LogP contribution is 2.21. The number of hydrogen-bond acceptors (Lipinski definition) is 8. The summed E-state index contributed by atoms with van der Waals surface area (Å²) in [5.74, 6) is 0. The summed E-state index contributed by atoms with van der Waals surface area (Å²) < 4.78 is 9.93. The molecule has 8 nitrogen and oxygen atoms in total. The standard InChI is InChI=1S/C9H18O8/c10-1-4(12)3-16-9-8(15)7(14)6(13)5(2-11)17-9/h4-15H,1-3H2/t4-,5+,6+,7-,8+,9+/m0/s1. The van der Waals surface area contributed by atoms with Crippen LogP contribution in [0.15, 0.2) is 0 Å². The van der Waals surface area contributed by atoms with Crippen LogP contribution in [-0.2, 0) is 9.47 Å². The molecule has 17 heavy (non-hydrogen) atoms. The van der Waals surface area contributed by atoms with E-state index in [0.717, 1.165) is 0 Å². The van der Waals surface area contributed by atoms with Crippen molar-refractivity contribution in [2.45, 2.75) is 36.8 Å². The number of ether oxygens (including phenoxy) is 2. The van der Waals surface area contributed by atoms with Crippen LogP contribution in [0, 0.1) is 0 Å². The predicted molar refractivity (Wildman–Crippen MR) is 52.8 cm³/mol. The van der Waals surface area contributed by atoms with E-state index < -0.39 is 50.0 Å². The largest absolute Gasteiger partial charge is 0.394 e. The van der Waals surface area contributed by atoms with Gasteiger partial charge < -0.3 is 40.1 Å². The third kappa shape index (κ3) is 3.57. The summed E-state index contributed by atoms with van der Waals surface area (Å²) >= 11 is 0. The first-order chi connectivity index (χ1) is 8.01. The highest BCUT2D eigenvalue weighted by atomic mass is 16.7. The lowest BCUT2D eigenvalue weighted by molar-refractivity contribution is -0.304. The molecule has 1 heterocycles. The second-order valence-corrected chi connectivity index (χ2v) is 3.87. The average Bonchev–Trinajstić information content (AvgIpc) is 2.34. The summed E-state index contributed by atoms with van der Waals surface area (Å²) in [6, 6.07) is 0. The molecule has 0 bridgehead atoms. The van der Waals surface area contributed by atoms with Gasteiger partial charge in [-0.05, 0) is 0 Å². The SMILES string of the molecule is OC[C@H](O)CO[C@@H]1O[C@H](CO)[C@@H](O)[C@H](O)[C@H]1O. The van der Waals surface area contributed by atoms with E-state index in [0.29, 0.717) is 0 Å². The van der Waals surface area contributed by atoms with Gasteiger partial charge in [0.25, 0.3) is 0 Å². The van der Waals surface area contributed by atoms with Crippen LogP contribution in [0.1, 0.15) is 0 Å². The van der Waals surface area contributed by atoms with Crippen LogP contribution in [-0.4, -0.2) is 87.3 Å². The fourth-order valence-corrected chi connectivity index (χ4v) is 1.46. The second kappa shape index (κ2) is 6.57. The zero-order valence-corrected chi connectivity index (χ0v) is 9.09. The van der Waals surface area contributed by atoms with Crippen molar-refractivity contribution in [1.29, 1.82) is 0 Å². The normalized spacial score (nSPS) is 40.2. The van der Waals surface area contributed by atoms with Gasteiger partial charge in [0.05, 0.1) is 19.8 Å². The highest BCUT2D eigenvalue weighted by molar-refractivity contribution is 4.88. The quantitative estimate of drug-likeness (QED) is 0.293. The van der Waals surface area contributed by atoms with Crippen molar-refractivity contribution in [2.75, 3.05) is 19.8 Å². The molecule has 8 heteroatoms. The third-order valence-electron chi connectivity index (χ3n) is 2.51. The summed E-state index contributed by atoms with van der Waals surface area (Å²) in [4.78, 5) is 0. The summed E-state index contributed by atoms with van der Waals surface area (Å²) in [5, 5.41) is 54.9. The van der Waals surface area contributed by atoms with Gasteiger partial charge in [0.2, 0.25) is 0 Å². The van der Waals surface area contributed by atoms with E-state index in [9.17, 15) is 15.3 Å². The lowest BCUT2D eigenvalue weighted by Crippen LogP contribution is -2.59. The van der Waals surface area contributed by atoms with Gasteiger partial charge in [0.1, 0.15) is 30.5 Å². The molecule has 1 rings (SSSR count). The molecule has 0 saturated carbocycles. The Morgan fingerprint density at radius 2 is 1.71 bits per heavy atom.